The van der Waals surface area contributed by atoms with Gasteiger partial charge in [-0.05, 0) is 68.2 Å². The summed E-state index contributed by atoms with van der Waals surface area (Å²) < 4.78 is 28.6. The average molecular weight is 344 g/mol. The Bertz CT molecular complexity index is 841. The minimum absolute atomic E-state index is 0.00676. The largest absolute Gasteiger partial charge is 0.256 e. The Morgan fingerprint density at radius 2 is 1.96 bits per heavy atom. The van der Waals surface area contributed by atoms with Crippen molar-refractivity contribution in [1.82, 2.24) is 9.71 Å². The van der Waals surface area contributed by atoms with Crippen molar-refractivity contribution < 1.29 is 8.42 Å². The number of aromatic nitrogens is 1. The molecule has 0 amide bonds. The van der Waals surface area contributed by atoms with Crippen LogP contribution in [0.1, 0.15) is 39.0 Å². The third-order valence-corrected chi connectivity index (χ3v) is 7.53. The summed E-state index contributed by atoms with van der Waals surface area (Å²) in [4.78, 5) is 4.58. The number of nitrogens with one attached hydrogen (secondary N) is 1. The van der Waals surface area contributed by atoms with Crippen LogP contribution >= 0.6 is 0 Å². The van der Waals surface area contributed by atoms with Crippen LogP contribution in [0.15, 0.2) is 41.4 Å². The monoisotopic (exact) mass is 344 g/mol. The fourth-order valence-electron chi connectivity index (χ4n) is 4.66. The molecule has 0 spiro atoms. The summed E-state index contributed by atoms with van der Waals surface area (Å²) in [5, 5.41) is 0.852. The quantitative estimate of drug-likeness (QED) is 0.919. The summed E-state index contributed by atoms with van der Waals surface area (Å²) in [7, 11) is -3.49. The van der Waals surface area contributed by atoms with E-state index >= 15 is 0 Å². The van der Waals surface area contributed by atoms with Crippen molar-refractivity contribution >= 4 is 20.9 Å². The number of benzene rings is 1. The summed E-state index contributed by atoms with van der Waals surface area (Å²) in [5.74, 6) is 1.97. The molecule has 0 aliphatic heterocycles. The number of fused-ring (bicyclic) bond motifs is 4. The molecule has 2 unspecified atom stereocenters. The molecular weight excluding hydrogens is 320 g/mol. The van der Waals surface area contributed by atoms with Gasteiger partial charge >= 0.3 is 0 Å². The van der Waals surface area contributed by atoms with E-state index in [1.807, 2.05) is 19.1 Å². The molecule has 5 rings (SSSR count). The zero-order valence-electron chi connectivity index (χ0n) is 14.0. The van der Waals surface area contributed by atoms with Crippen molar-refractivity contribution in [2.75, 3.05) is 0 Å². The summed E-state index contributed by atoms with van der Waals surface area (Å²) in [6.45, 7) is 2.03. The first kappa shape index (κ1) is 16.0. The van der Waals surface area contributed by atoms with Crippen LogP contribution in [0.25, 0.3) is 10.9 Å². The van der Waals surface area contributed by atoms with Crippen molar-refractivity contribution in [1.29, 1.82) is 0 Å². The lowest BCUT2D eigenvalue weighted by atomic mass is 9.63. The number of rotatable bonds is 4. The van der Waals surface area contributed by atoms with E-state index in [4.69, 9.17) is 0 Å². The third kappa shape index (κ3) is 2.95. The van der Waals surface area contributed by atoms with Crippen molar-refractivity contribution in [3.63, 3.8) is 0 Å². The van der Waals surface area contributed by atoms with Gasteiger partial charge in [0.1, 0.15) is 0 Å². The second kappa shape index (κ2) is 6.12. The van der Waals surface area contributed by atoms with Crippen molar-refractivity contribution in [3.05, 3.63) is 36.5 Å². The maximum Gasteiger partial charge on any atom is 0.240 e. The van der Waals surface area contributed by atoms with E-state index < -0.39 is 10.0 Å². The van der Waals surface area contributed by atoms with E-state index in [-0.39, 0.29) is 6.04 Å². The van der Waals surface area contributed by atoms with Gasteiger partial charge in [-0.3, -0.25) is 4.98 Å². The third-order valence-electron chi connectivity index (χ3n) is 5.97. The number of pyridine rings is 1. The van der Waals surface area contributed by atoms with Gasteiger partial charge in [0.2, 0.25) is 10.0 Å². The van der Waals surface area contributed by atoms with Gasteiger partial charge in [0.25, 0.3) is 0 Å². The fraction of sp³-hybridized carbons (Fsp3) is 0.526. The Morgan fingerprint density at radius 1 is 1.17 bits per heavy atom. The van der Waals surface area contributed by atoms with Crippen LogP contribution in [-0.2, 0) is 10.0 Å². The van der Waals surface area contributed by atoms with Gasteiger partial charge in [-0.15, -0.1) is 0 Å². The number of nitrogens with zero attached hydrogens (tertiary/aromatic N) is 1. The van der Waals surface area contributed by atoms with E-state index in [9.17, 15) is 8.42 Å². The summed E-state index contributed by atoms with van der Waals surface area (Å²) in [5.41, 5.74) is 0.814. The summed E-state index contributed by atoms with van der Waals surface area (Å²) >= 11 is 0. The second-order valence-corrected chi connectivity index (χ2v) is 9.16. The van der Waals surface area contributed by atoms with Gasteiger partial charge in [-0.1, -0.05) is 18.9 Å². The predicted octanol–water partition coefficient (Wildman–Crippen LogP) is 3.73. The maximum absolute atomic E-state index is 12.8. The fourth-order valence-corrected chi connectivity index (χ4v) is 5.99. The first-order chi connectivity index (χ1) is 11.5. The average Bonchev–Trinajstić information content (AvgIpc) is 2.62. The Hall–Kier alpha value is -1.46. The van der Waals surface area contributed by atoms with Crippen LogP contribution in [0.5, 0.6) is 0 Å². The van der Waals surface area contributed by atoms with Crippen molar-refractivity contribution in [2.24, 2.45) is 17.8 Å². The van der Waals surface area contributed by atoms with Crippen LogP contribution in [0.4, 0.5) is 0 Å². The van der Waals surface area contributed by atoms with Gasteiger partial charge < -0.3 is 0 Å². The standard InChI is InChI=1S/C19H24N2O2S/c1-13(18-11-14-4-6-15(18)7-5-14)21-24(22,23)17-8-9-19-16(12-17)3-2-10-20-19/h2-3,8-10,12-15,18,21H,4-7,11H2,1H3. The SMILES string of the molecule is CC(NS(=O)(=O)c1ccc2ncccc2c1)C1CC2CCC1CC2. The molecule has 2 aromatic rings. The van der Waals surface area contributed by atoms with Gasteiger partial charge in [0, 0.05) is 17.6 Å². The van der Waals surface area contributed by atoms with Crippen LogP contribution < -0.4 is 4.72 Å². The van der Waals surface area contributed by atoms with Crippen molar-refractivity contribution in [2.45, 2.75) is 50.0 Å². The molecule has 3 aliphatic carbocycles. The Morgan fingerprint density at radius 3 is 2.67 bits per heavy atom. The highest BCUT2D eigenvalue weighted by Gasteiger charge is 2.39. The zero-order chi connectivity index (χ0) is 16.7. The lowest BCUT2D eigenvalue weighted by molar-refractivity contribution is 0.0810. The molecule has 3 aliphatic rings. The second-order valence-electron chi connectivity index (χ2n) is 7.45. The van der Waals surface area contributed by atoms with E-state index in [1.54, 1.807) is 24.4 Å². The Balaban J connectivity index is 1.55. The molecule has 2 atom stereocenters. The van der Waals surface area contributed by atoms with Gasteiger partial charge in [0.05, 0.1) is 10.4 Å². The molecule has 2 bridgehead atoms. The first-order valence-electron chi connectivity index (χ1n) is 8.90. The van der Waals surface area contributed by atoms with Crippen molar-refractivity contribution in [3.8, 4) is 0 Å². The molecule has 1 aromatic carbocycles. The van der Waals surface area contributed by atoms with E-state index in [0.29, 0.717) is 16.7 Å². The lowest BCUT2D eigenvalue weighted by Gasteiger charge is -2.45. The molecule has 0 radical (unpaired) electrons. The first-order valence-corrected chi connectivity index (χ1v) is 10.4. The molecule has 5 heteroatoms. The highest BCUT2D eigenvalue weighted by molar-refractivity contribution is 7.89. The van der Waals surface area contributed by atoms with E-state index in [2.05, 4.69) is 9.71 Å². The molecule has 1 aromatic heterocycles. The summed E-state index contributed by atoms with van der Waals surface area (Å²) in [6, 6.07) is 8.85. The van der Waals surface area contributed by atoms with Gasteiger partial charge in [0.15, 0.2) is 0 Å². The van der Waals surface area contributed by atoms with Crippen LogP contribution in [0.3, 0.4) is 0 Å². The number of hydrogen-bond acceptors (Lipinski definition) is 3. The maximum atomic E-state index is 12.8. The topological polar surface area (TPSA) is 59.1 Å². The summed E-state index contributed by atoms with van der Waals surface area (Å²) in [6.07, 6.45) is 8.09. The van der Waals surface area contributed by atoms with Gasteiger partial charge in [-0.25, -0.2) is 13.1 Å². The molecule has 3 fully saturated rings. The molecule has 3 saturated carbocycles. The minimum Gasteiger partial charge on any atom is -0.256 e. The predicted molar refractivity (Wildman–Crippen MR) is 95.1 cm³/mol. The Kier molecular flexibility index (Phi) is 4.09. The number of hydrogen-bond donors (Lipinski definition) is 1. The zero-order valence-corrected chi connectivity index (χ0v) is 14.8. The highest BCUT2D eigenvalue weighted by atomic mass is 32.2. The smallest absolute Gasteiger partial charge is 0.240 e. The molecule has 1 heterocycles. The minimum atomic E-state index is -3.49. The molecule has 0 saturated heterocycles. The molecule has 24 heavy (non-hydrogen) atoms. The van der Waals surface area contributed by atoms with Crippen LogP contribution in [-0.4, -0.2) is 19.4 Å². The molecule has 1 N–H and O–H groups in total. The Labute approximate surface area is 143 Å². The molecular formula is C19H24N2O2S. The molecule has 128 valence electrons. The highest BCUT2D eigenvalue weighted by Crippen LogP contribution is 2.46. The van der Waals surface area contributed by atoms with Gasteiger partial charge in [-0.2, -0.15) is 0 Å². The number of sulfonamides is 1. The van der Waals surface area contributed by atoms with E-state index in [0.717, 1.165) is 16.8 Å². The van der Waals surface area contributed by atoms with Crippen LogP contribution in [0, 0.1) is 17.8 Å². The lowest BCUT2D eigenvalue weighted by Crippen LogP contribution is -2.45. The molecule has 4 nitrogen and oxygen atoms in total. The normalized spacial score (nSPS) is 28.1. The van der Waals surface area contributed by atoms with Crippen LogP contribution in [0.2, 0.25) is 0 Å². The van der Waals surface area contributed by atoms with E-state index in [1.165, 1.54) is 32.1 Å².